The molecule has 31 heavy (non-hydrogen) atoms. The molecule has 2 amide bonds. The number of carbonyl (C=O) groups is 2. The number of nitrogens with one attached hydrogen (secondary N) is 3. The molecule has 4 fully saturated rings. The van der Waals surface area contributed by atoms with Crippen LogP contribution < -0.4 is 20.8 Å². The summed E-state index contributed by atoms with van der Waals surface area (Å²) in [5.41, 5.74) is 3.29. The topological polar surface area (TPSA) is 82.7 Å². The number of rotatable bonds is 7. The number of fused-ring (bicyclic) bond motifs is 2. The van der Waals surface area contributed by atoms with Crippen LogP contribution in [0.4, 0.5) is 4.39 Å². The lowest BCUT2D eigenvalue weighted by Gasteiger charge is -2.51. The average Bonchev–Trinajstić information content (AvgIpc) is 3.09. The smallest absolute Gasteiger partial charge is 0.258 e. The Hall–Kier alpha value is -1.90. The Bertz CT molecular complexity index is 835. The van der Waals surface area contributed by atoms with Crippen molar-refractivity contribution in [2.24, 2.45) is 11.8 Å². The predicted octanol–water partition coefficient (Wildman–Crippen LogP) is 2.24. The Labute approximate surface area is 187 Å². The molecule has 4 aliphatic rings. The first-order valence-corrected chi connectivity index (χ1v) is 11.4. The molecule has 3 aliphatic carbocycles. The molecule has 170 valence electrons. The third kappa shape index (κ3) is 4.96. The highest BCUT2D eigenvalue weighted by Gasteiger charge is 2.47. The van der Waals surface area contributed by atoms with E-state index in [0.717, 1.165) is 38.3 Å². The second-order valence-electron chi connectivity index (χ2n) is 8.93. The van der Waals surface area contributed by atoms with Gasteiger partial charge in [0.05, 0.1) is 5.02 Å². The minimum absolute atomic E-state index is 0.0101. The van der Waals surface area contributed by atoms with E-state index in [2.05, 4.69) is 34.9 Å². The standard InChI is InChI=1S/C22H30ClFN4O3/c1-3-28-12(2)6-20(27-28)22(30)26-19-10-18(13-7-14(19)8-13)25-21(29)11-31-15-4-5-16(23)17(24)9-15/h4-5,9,12-14,18-20,27H,3,6-8,10-11H2,1-2H3,(H,25,29)(H,26,30). The van der Waals surface area contributed by atoms with Gasteiger partial charge < -0.3 is 15.4 Å². The zero-order chi connectivity index (χ0) is 22.1. The lowest BCUT2D eigenvalue weighted by atomic mass is 9.60. The Balaban J connectivity index is 1.26. The average molecular weight is 453 g/mol. The zero-order valence-electron chi connectivity index (χ0n) is 17.9. The molecule has 0 aromatic heterocycles. The normalized spacial score (nSPS) is 32.3. The van der Waals surface area contributed by atoms with Gasteiger partial charge in [-0.25, -0.2) is 14.8 Å². The van der Waals surface area contributed by atoms with Crippen LogP contribution in [0.15, 0.2) is 18.2 Å². The Kier molecular flexibility index (Phi) is 6.69. The van der Waals surface area contributed by atoms with Gasteiger partial charge in [0.2, 0.25) is 5.91 Å². The predicted molar refractivity (Wildman–Crippen MR) is 115 cm³/mol. The van der Waals surface area contributed by atoms with E-state index in [1.807, 2.05) is 0 Å². The molecule has 3 N–H and O–H groups in total. The molecule has 4 unspecified atom stereocenters. The minimum atomic E-state index is -0.584. The number of amides is 2. The number of hydrazine groups is 1. The maximum absolute atomic E-state index is 13.5. The maximum atomic E-state index is 13.5. The van der Waals surface area contributed by atoms with Crippen molar-refractivity contribution in [2.45, 2.75) is 63.7 Å². The molecule has 1 saturated heterocycles. The van der Waals surface area contributed by atoms with Crippen LogP contribution in [0.2, 0.25) is 5.02 Å². The number of benzene rings is 1. The Morgan fingerprint density at radius 3 is 2.55 bits per heavy atom. The number of ether oxygens (including phenoxy) is 1. The summed E-state index contributed by atoms with van der Waals surface area (Å²) in [6.45, 7) is 4.85. The van der Waals surface area contributed by atoms with E-state index < -0.39 is 5.82 Å². The van der Waals surface area contributed by atoms with Crippen LogP contribution in [-0.4, -0.2) is 54.1 Å². The van der Waals surface area contributed by atoms with Crippen LogP contribution >= 0.6 is 11.6 Å². The van der Waals surface area contributed by atoms with E-state index in [1.54, 1.807) is 0 Å². The number of nitrogens with zero attached hydrogens (tertiary/aromatic N) is 1. The van der Waals surface area contributed by atoms with E-state index in [9.17, 15) is 14.0 Å². The van der Waals surface area contributed by atoms with Gasteiger partial charge in [0.1, 0.15) is 17.6 Å². The first-order chi connectivity index (χ1) is 14.8. The lowest BCUT2D eigenvalue weighted by molar-refractivity contribution is -0.127. The fraction of sp³-hybridized carbons (Fsp3) is 0.636. The summed E-state index contributed by atoms with van der Waals surface area (Å²) in [6, 6.07) is 4.30. The molecule has 7 nitrogen and oxygen atoms in total. The van der Waals surface area contributed by atoms with Crippen molar-refractivity contribution in [1.82, 2.24) is 21.1 Å². The second kappa shape index (κ2) is 9.30. The molecule has 0 spiro atoms. The van der Waals surface area contributed by atoms with Gasteiger partial charge in [-0.05, 0) is 56.6 Å². The summed E-state index contributed by atoms with van der Waals surface area (Å²) in [4.78, 5) is 25.2. The quantitative estimate of drug-likeness (QED) is 0.591. The van der Waals surface area contributed by atoms with E-state index in [-0.39, 0.29) is 47.3 Å². The monoisotopic (exact) mass is 452 g/mol. The van der Waals surface area contributed by atoms with Crippen LogP contribution in [0.1, 0.15) is 39.5 Å². The first-order valence-electron chi connectivity index (χ1n) is 11.0. The molecule has 1 aromatic carbocycles. The number of hydrogen-bond acceptors (Lipinski definition) is 5. The van der Waals surface area contributed by atoms with Gasteiger partial charge >= 0.3 is 0 Å². The van der Waals surface area contributed by atoms with Crippen molar-refractivity contribution >= 4 is 23.4 Å². The fourth-order valence-corrected chi connectivity index (χ4v) is 5.16. The van der Waals surface area contributed by atoms with Crippen molar-refractivity contribution in [3.8, 4) is 5.75 Å². The van der Waals surface area contributed by atoms with E-state index in [4.69, 9.17) is 16.3 Å². The zero-order valence-corrected chi connectivity index (χ0v) is 18.6. The summed E-state index contributed by atoms with van der Waals surface area (Å²) in [5, 5.41) is 8.37. The molecule has 3 saturated carbocycles. The summed E-state index contributed by atoms with van der Waals surface area (Å²) in [6.07, 6.45) is 3.54. The lowest BCUT2D eigenvalue weighted by Crippen LogP contribution is -2.61. The molecule has 1 aliphatic heterocycles. The maximum Gasteiger partial charge on any atom is 0.258 e. The van der Waals surface area contributed by atoms with Crippen molar-refractivity contribution in [2.75, 3.05) is 13.2 Å². The van der Waals surface area contributed by atoms with Gasteiger partial charge in [0.25, 0.3) is 5.91 Å². The van der Waals surface area contributed by atoms with E-state index >= 15 is 0 Å². The molecule has 5 rings (SSSR count). The molecular formula is C22H30ClFN4O3. The van der Waals surface area contributed by atoms with Gasteiger partial charge in [-0.2, -0.15) is 0 Å². The largest absolute Gasteiger partial charge is 0.484 e. The van der Waals surface area contributed by atoms with Crippen LogP contribution in [0.3, 0.4) is 0 Å². The van der Waals surface area contributed by atoms with Crippen LogP contribution in [0, 0.1) is 17.7 Å². The van der Waals surface area contributed by atoms with Gasteiger partial charge in [-0.1, -0.05) is 18.5 Å². The fourth-order valence-electron chi connectivity index (χ4n) is 5.04. The summed E-state index contributed by atoms with van der Waals surface area (Å²) >= 11 is 5.66. The molecule has 2 bridgehead atoms. The summed E-state index contributed by atoms with van der Waals surface area (Å²) < 4.78 is 18.9. The Morgan fingerprint density at radius 2 is 1.90 bits per heavy atom. The highest BCUT2D eigenvalue weighted by molar-refractivity contribution is 6.30. The van der Waals surface area contributed by atoms with Crippen molar-refractivity contribution in [3.05, 3.63) is 29.0 Å². The minimum Gasteiger partial charge on any atom is -0.484 e. The molecule has 4 atom stereocenters. The summed E-state index contributed by atoms with van der Waals surface area (Å²) in [5.74, 6) is 0.386. The first kappa shape index (κ1) is 22.3. The molecule has 9 heteroatoms. The van der Waals surface area contributed by atoms with Crippen LogP contribution in [0.5, 0.6) is 5.75 Å². The molecule has 1 heterocycles. The summed E-state index contributed by atoms with van der Waals surface area (Å²) in [7, 11) is 0. The van der Waals surface area contributed by atoms with Crippen LogP contribution in [-0.2, 0) is 9.59 Å². The van der Waals surface area contributed by atoms with Gasteiger partial charge in [-0.3, -0.25) is 9.59 Å². The van der Waals surface area contributed by atoms with Crippen molar-refractivity contribution in [3.63, 3.8) is 0 Å². The van der Waals surface area contributed by atoms with Gasteiger partial charge in [-0.15, -0.1) is 0 Å². The van der Waals surface area contributed by atoms with E-state index in [1.165, 1.54) is 12.1 Å². The third-order valence-electron chi connectivity index (χ3n) is 6.88. The molecule has 0 radical (unpaired) electrons. The van der Waals surface area contributed by atoms with Gasteiger partial charge in [0, 0.05) is 30.7 Å². The number of carbonyl (C=O) groups excluding carboxylic acids is 2. The van der Waals surface area contributed by atoms with Gasteiger partial charge in [0.15, 0.2) is 6.61 Å². The number of hydrogen-bond donors (Lipinski definition) is 3. The third-order valence-corrected chi connectivity index (χ3v) is 7.19. The highest BCUT2D eigenvalue weighted by atomic mass is 35.5. The van der Waals surface area contributed by atoms with Crippen molar-refractivity contribution in [1.29, 1.82) is 0 Å². The van der Waals surface area contributed by atoms with Crippen molar-refractivity contribution < 1.29 is 18.7 Å². The highest BCUT2D eigenvalue weighted by Crippen LogP contribution is 2.45. The second-order valence-corrected chi connectivity index (χ2v) is 9.34. The number of halogens is 2. The molecular weight excluding hydrogens is 423 g/mol. The Morgan fingerprint density at radius 1 is 1.19 bits per heavy atom. The molecule has 1 aromatic rings. The van der Waals surface area contributed by atoms with Crippen LogP contribution in [0.25, 0.3) is 0 Å². The van der Waals surface area contributed by atoms with E-state index in [0.29, 0.717) is 17.9 Å². The SMILES string of the molecule is CCN1NC(C(=O)NC2CC(NC(=O)COc3ccc(Cl)c(F)c3)C3CC2C3)CC1C.